The summed E-state index contributed by atoms with van der Waals surface area (Å²) in [6, 6.07) is 5.08. The van der Waals surface area contributed by atoms with Crippen LogP contribution in [-0.4, -0.2) is 33.3 Å². The highest BCUT2D eigenvalue weighted by atomic mass is 16.5. The number of hydrogen-bond acceptors (Lipinski definition) is 3. The van der Waals surface area contributed by atoms with Crippen molar-refractivity contribution in [3.8, 4) is 0 Å². The molecule has 2 atom stereocenters. The van der Waals surface area contributed by atoms with E-state index in [9.17, 15) is 4.79 Å². The number of imidazole rings is 1. The van der Waals surface area contributed by atoms with Crippen molar-refractivity contribution in [3.05, 3.63) is 29.6 Å². The molecule has 2 unspecified atom stereocenters. The molecule has 1 aliphatic rings. The van der Waals surface area contributed by atoms with E-state index in [0.717, 1.165) is 36.4 Å². The second-order valence-corrected chi connectivity index (χ2v) is 5.40. The molecule has 2 heterocycles. The van der Waals surface area contributed by atoms with Crippen LogP contribution in [0.15, 0.2) is 18.2 Å². The predicted molar refractivity (Wildman–Crippen MR) is 75.0 cm³/mol. The van der Waals surface area contributed by atoms with Gasteiger partial charge in [0.2, 0.25) is 0 Å². The molecule has 1 saturated heterocycles. The Morgan fingerprint density at radius 3 is 3.00 bits per heavy atom. The van der Waals surface area contributed by atoms with Crippen LogP contribution < -0.4 is 0 Å². The molecule has 1 aliphatic heterocycles. The van der Waals surface area contributed by atoms with E-state index in [1.54, 1.807) is 18.2 Å². The van der Waals surface area contributed by atoms with E-state index in [-0.39, 0.29) is 6.10 Å². The third-order valence-electron chi connectivity index (χ3n) is 4.14. The molecule has 5 nitrogen and oxygen atoms in total. The Morgan fingerprint density at radius 1 is 1.55 bits per heavy atom. The van der Waals surface area contributed by atoms with E-state index in [0.29, 0.717) is 11.5 Å². The van der Waals surface area contributed by atoms with E-state index in [2.05, 4.69) is 16.5 Å². The molecule has 0 amide bonds. The minimum Gasteiger partial charge on any atom is -0.478 e. The second kappa shape index (κ2) is 4.90. The Kier molecular flexibility index (Phi) is 3.22. The summed E-state index contributed by atoms with van der Waals surface area (Å²) in [4.78, 5) is 15.6. The number of aryl methyl sites for hydroxylation is 1. The fourth-order valence-corrected chi connectivity index (χ4v) is 2.86. The minimum absolute atomic E-state index is 0.245. The normalized spacial score (nSPS) is 22.5. The first-order valence-corrected chi connectivity index (χ1v) is 6.88. The van der Waals surface area contributed by atoms with Gasteiger partial charge in [0.25, 0.3) is 0 Å². The van der Waals surface area contributed by atoms with Crippen LogP contribution >= 0.6 is 0 Å². The van der Waals surface area contributed by atoms with Crippen molar-refractivity contribution in [1.29, 1.82) is 0 Å². The van der Waals surface area contributed by atoms with E-state index < -0.39 is 5.97 Å². The number of aromatic carboxylic acids is 1. The lowest BCUT2D eigenvalue weighted by Gasteiger charge is -2.16. The van der Waals surface area contributed by atoms with Crippen LogP contribution in [0.4, 0.5) is 0 Å². The van der Waals surface area contributed by atoms with Gasteiger partial charge in [-0.1, -0.05) is 0 Å². The molecule has 1 aromatic heterocycles. The van der Waals surface area contributed by atoms with Crippen molar-refractivity contribution in [3.63, 3.8) is 0 Å². The number of aromatic nitrogens is 2. The third kappa shape index (κ3) is 2.18. The highest BCUT2D eigenvalue weighted by molar-refractivity contribution is 5.92. The molecule has 1 aromatic carbocycles. The number of nitrogens with zero attached hydrogens (tertiary/aromatic N) is 2. The van der Waals surface area contributed by atoms with Gasteiger partial charge in [0.05, 0.1) is 22.7 Å². The molecule has 0 radical (unpaired) electrons. The topological polar surface area (TPSA) is 64.3 Å². The molecule has 5 heteroatoms. The highest BCUT2D eigenvalue weighted by Crippen LogP contribution is 2.26. The molecule has 0 spiro atoms. The molecule has 20 heavy (non-hydrogen) atoms. The molecule has 0 aliphatic carbocycles. The number of rotatable bonds is 3. The summed E-state index contributed by atoms with van der Waals surface area (Å²) in [5.41, 5.74) is 2.04. The molecule has 2 aromatic rings. The van der Waals surface area contributed by atoms with E-state index >= 15 is 0 Å². The summed E-state index contributed by atoms with van der Waals surface area (Å²) in [5, 5.41) is 9.12. The molecular formula is C15H18N2O3. The maximum Gasteiger partial charge on any atom is 0.335 e. The van der Waals surface area contributed by atoms with Gasteiger partial charge in [-0.25, -0.2) is 9.78 Å². The minimum atomic E-state index is -0.908. The van der Waals surface area contributed by atoms with Crippen molar-refractivity contribution < 1.29 is 14.6 Å². The SMILES string of the molecule is Cc1nc2ccc(C(=O)O)cc2n1CC1CCOC1C. The van der Waals surface area contributed by atoms with Crippen LogP contribution in [0.3, 0.4) is 0 Å². The van der Waals surface area contributed by atoms with Gasteiger partial charge in [0, 0.05) is 19.1 Å². The average Bonchev–Trinajstić information content (AvgIpc) is 2.94. The lowest BCUT2D eigenvalue weighted by atomic mass is 10.0. The fourth-order valence-electron chi connectivity index (χ4n) is 2.86. The van der Waals surface area contributed by atoms with Crippen molar-refractivity contribution in [2.45, 2.75) is 32.9 Å². The molecule has 106 valence electrons. The predicted octanol–water partition coefficient (Wildman–Crippen LogP) is 2.47. The number of carboxylic acid groups (broad SMARTS) is 1. The maximum absolute atomic E-state index is 11.1. The Balaban J connectivity index is 2.02. The molecular weight excluding hydrogens is 256 g/mol. The number of carboxylic acids is 1. The third-order valence-corrected chi connectivity index (χ3v) is 4.14. The van der Waals surface area contributed by atoms with E-state index in [1.165, 1.54) is 0 Å². The van der Waals surface area contributed by atoms with Crippen molar-refractivity contribution in [2.24, 2.45) is 5.92 Å². The van der Waals surface area contributed by atoms with Crippen LogP contribution in [0, 0.1) is 12.8 Å². The number of ether oxygens (including phenoxy) is 1. The summed E-state index contributed by atoms with van der Waals surface area (Å²) in [5.74, 6) is 0.469. The number of benzene rings is 1. The summed E-state index contributed by atoms with van der Waals surface area (Å²) >= 11 is 0. The Morgan fingerprint density at radius 2 is 2.35 bits per heavy atom. The van der Waals surface area contributed by atoms with E-state index in [1.807, 2.05) is 6.92 Å². The average molecular weight is 274 g/mol. The monoisotopic (exact) mass is 274 g/mol. The summed E-state index contributed by atoms with van der Waals surface area (Å²) in [6.07, 6.45) is 1.29. The Hall–Kier alpha value is -1.88. The smallest absolute Gasteiger partial charge is 0.335 e. The zero-order valence-corrected chi connectivity index (χ0v) is 11.7. The Labute approximate surface area is 117 Å². The van der Waals surface area contributed by atoms with Crippen LogP contribution in [0.1, 0.15) is 29.5 Å². The fraction of sp³-hybridized carbons (Fsp3) is 0.467. The molecule has 1 fully saturated rings. The highest BCUT2D eigenvalue weighted by Gasteiger charge is 2.25. The van der Waals surface area contributed by atoms with Gasteiger partial charge < -0.3 is 14.4 Å². The van der Waals surface area contributed by atoms with Crippen LogP contribution in [-0.2, 0) is 11.3 Å². The van der Waals surface area contributed by atoms with E-state index in [4.69, 9.17) is 9.84 Å². The Bertz CT molecular complexity index is 662. The number of hydrogen-bond donors (Lipinski definition) is 1. The van der Waals surface area contributed by atoms with Crippen LogP contribution in [0.2, 0.25) is 0 Å². The van der Waals surface area contributed by atoms with Crippen LogP contribution in [0.25, 0.3) is 11.0 Å². The van der Waals surface area contributed by atoms with Crippen molar-refractivity contribution in [2.75, 3.05) is 6.61 Å². The van der Waals surface area contributed by atoms with Gasteiger partial charge in [0.1, 0.15) is 5.82 Å². The standard InChI is InChI=1S/C15H18N2O3/c1-9-12(5-6-20-9)8-17-10(2)16-13-4-3-11(15(18)19)7-14(13)17/h3-4,7,9,12H,5-6,8H2,1-2H3,(H,18,19). The largest absolute Gasteiger partial charge is 0.478 e. The lowest BCUT2D eigenvalue weighted by molar-refractivity contribution is 0.0697. The second-order valence-electron chi connectivity index (χ2n) is 5.40. The lowest BCUT2D eigenvalue weighted by Crippen LogP contribution is -2.18. The number of fused-ring (bicyclic) bond motifs is 1. The molecule has 3 rings (SSSR count). The van der Waals surface area contributed by atoms with Gasteiger partial charge in [0.15, 0.2) is 0 Å². The number of carbonyl (C=O) groups is 1. The summed E-state index contributed by atoms with van der Waals surface area (Å²) in [6.45, 7) is 5.68. The van der Waals surface area contributed by atoms with Gasteiger partial charge >= 0.3 is 5.97 Å². The van der Waals surface area contributed by atoms with Crippen LogP contribution in [0.5, 0.6) is 0 Å². The van der Waals surface area contributed by atoms with Gasteiger partial charge in [-0.05, 0) is 38.5 Å². The van der Waals surface area contributed by atoms with Crippen molar-refractivity contribution >= 4 is 17.0 Å². The zero-order valence-electron chi connectivity index (χ0n) is 11.7. The first-order chi connectivity index (χ1) is 9.56. The van der Waals surface area contributed by atoms with Gasteiger partial charge in [-0.15, -0.1) is 0 Å². The quantitative estimate of drug-likeness (QED) is 0.933. The van der Waals surface area contributed by atoms with Gasteiger partial charge in [-0.3, -0.25) is 0 Å². The molecule has 1 N–H and O–H groups in total. The first-order valence-electron chi connectivity index (χ1n) is 6.88. The van der Waals surface area contributed by atoms with Gasteiger partial charge in [-0.2, -0.15) is 0 Å². The maximum atomic E-state index is 11.1. The first kappa shape index (κ1) is 13.1. The molecule has 0 bridgehead atoms. The molecule has 0 saturated carbocycles. The summed E-state index contributed by atoms with van der Waals surface area (Å²) < 4.78 is 7.71. The zero-order chi connectivity index (χ0) is 14.3. The summed E-state index contributed by atoms with van der Waals surface area (Å²) in [7, 11) is 0. The van der Waals surface area contributed by atoms with Crippen molar-refractivity contribution in [1.82, 2.24) is 9.55 Å².